The van der Waals surface area contributed by atoms with Gasteiger partial charge in [0.1, 0.15) is 17.5 Å². The quantitative estimate of drug-likeness (QED) is 0.210. The van der Waals surface area contributed by atoms with Gasteiger partial charge in [-0.2, -0.15) is 0 Å². The van der Waals surface area contributed by atoms with Gasteiger partial charge < -0.3 is 24.5 Å². The number of aryl methyl sites for hydroxylation is 1. The second-order valence-electron chi connectivity index (χ2n) is 16.3. The van der Waals surface area contributed by atoms with Gasteiger partial charge in [-0.05, 0) is 102 Å². The molecule has 290 valence electrons. The molecule has 0 spiro atoms. The number of amides is 3. The topological polar surface area (TPSA) is 106 Å². The van der Waals surface area contributed by atoms with Crippen molar-refractivity contribution in [3.63, 3.8) is 0 Å². The number of fused-ring (bicyclic) bond motifs is 2. The number of ether oxygens (including phenoxy) is 1. The lowest BCUT2D eigenvalue weighted by atomic mass is 9.69. The molecule has 0 radical (unpaired) electrons. The number of hydrogen-bond acceptors (Lipinski definition) is 8. The number of carbonyl (C=O) groups is 3. The molecule has 1 aliphatic carbocycles. The molecular weight excluding hydrogens is 703 g/mol. The summed E-state index contributed by atoms with van der Waals surface area (Å²) in [6.07, 6.45) is 4.97. The zero-order valence-electron chi connectivity index (χ0n) is 32.2. The molecule has 4 aromatic rings. The van der Waals surface area contributed by atoms with Gasteiger partial charge in [0, 0.05) is 82.1 Å². The molecule has 3 fully saturated rings. The molecule has 0 saturated carbocycles. The maximum atomic E-state index is 13.4. The van der Waals surface area contributed by atoms with Gasteiger partial charge in [-0.25, -0.2) is 0 Å². The Hall–Kier alpha value is -5.35. The van der Waals surface area contributed by atoms with Crippen LogP contribution >= 0.6 is 0 Å². The molecule has 0 aromatic heterocycles. The highest BCUT2D eigenvalue weighted by Gasteiger charge is 2.41. The number of nitrogens with zero attached hydrogens (tertiary/aromatic N) is 4. The third-order valence-corrected chi connectivity index (χ3v) is 13.1. The van der Waals surface area contributed by atoms with Crippen molar-refractivity contribution in [2.45, 2.75) is 62.9 Å². The van der Waals surface area contributed by atoms with Gasteiger partial charge in [0.2, 0.25) is 11.8 Å². The van der Waals surface area contributed by atoms with E-state index >= 15 is 0 Å². The number of piperazine rings is 1. The lowest BCUT2D eigenvalue weighted by Crippen LogP contribution is -2.52. The predicted molar refractivity (Wildman–Crippen MR) is 217 cm³/mol. The van der Waals surface area contributed by atoms with Gasteiger partial charge >= 0.3 is 0 Å². The Bertz CT molecular complexity index is 2110. The van der Waals surface area contributed by atoms with E-state index in [1.165, 1.54) is 40.8 Å². The number of phenolic OH excluding ortho intramolecular Hbond substituents is 1. The van der Waals surface area contributed by atoms with E-state index in [1.807, 2.05) is 18.2 Å². The van der Waals surface area contributed by atoms with Crippen molar-refractivity contribution < 1.29 is 24.2 Å². The number of benzene rings is 4. The highest BCUT2D eigenvalue weighted by Crippen LogP contribution is 2.47. The number of phenols is 1. The van der Waals surface area contributed by atoms with E-state index in [0.29, 0.717) is 41.9 Å². The lowest BCUT2D eigenvalue weighted by Gasteiger charge is -2.40. The molecule has 9 rings (SSSR count). The van der Waals surface area contributed by atoms with E-state index in [-0.39, 0.29) is 24.2 Å². The summed E-state index contributed by atoms with van der Waals surface area (Å²) < 4.78 is 5.72. The molecule has 10 heteroatoms. The lowest BCUT2D eigenvalue weighted by molar-refractivity contribution is -0.136. The average molecular weight is 754 g/mol. The van der Waals surface area contributed by atoms with Gasteiger partial charge in [-0.1, -0.05) is 48.5 Å². The summed E-state index contributed by atoms with van der Waals surface area (Å²) in [5, 5.41) is 12.6. The fourth-order valence-corrected chi connectivity index (χ4v) is 10.1. The van der Waals surface area contributed by atoms with Crippen molar-refractivity contribution in [1.82, 2.24) is 15.1 Å². The number of anilines is 2. The number of carbonyl (C=O) groups excluding carboxylic acids is 3. The zero-order valence-corrected chi connectivity index (χ0v) is 32.2. The smallest absolute Gasteiger partial charge is 0.258 e. The van der Waals surface area contributed by atoms with Crippen LogP contribution in [0.5, 0.6) is 11.5 Å². The van der Waals surface area contributed by atoms with Crippen LogP contribution in [0.15, 0.2) is 84.9 Å². The summed E-state index contributed by atoms with van der Waals surface area (Å²) in [6.45, 7) is 7.33. The van der Waals surface area contributed by atoms with Crippen molar-refractivity contribution in [3.8, 4) is 11.5 Å². The van der Waals surface area contributed by atoms with E-state index in [9.17, 15) is 19.5 Å². The number of hydrogen-bond donors (Lipinski definition) is 2. The fraction of sp³-hybridized carbons (Fsp3) is 0.413. The normalized spacial score (nSPS) is 23.2. The van der Waals surface area contributed by atoms with Gasteiger partial charge in [0.15, 0.2) is 0 Å². The molecule has 4 heterocycles. The summed E-state index contributed by atoms with van der Waals surface area (Å²) in [5.74, 6) is 1.31. The van der Waals surface area contributed by atoms with Crippen molar-refractivity contribution in [1.29, 1.82) is 0 Å². The van der Waals surface area contributed by atoms with Crippen molar-refractivity contribution in [2.75, 3.05) is 62.7 Å². The van der Waals surface area contributed by atoms with Crippen molar-refractivity contribution in [3.05, 3.63) is 118 Å². The number of nitrogens with one attached hydrogen (secondary N) is 1. The van der Waals surface area contributed by atoms with Gasteiger partial charge in [0.25, 0.3) is 5.91 Å². The Kier molecular flexibility index (Phi) is 9.91. The van der Waals surface area contributed by atoms with E-state index in [1.54, 1.807) is 12.0 Å². The monoisotopic (exact) mass is 753 g/mol. The number of piperidine rings is 2. The molecule has 5 aliphatic rings. The molecule has 3 amide bonds. The number of rotatable bonds is 8. The second-order valence-corrected chi connectivity index (χ2v) is 16.3. The first-order chi connectivity index (χ1) is 27.3. The summed E-state index contributed by atoms with van der Waals surface area (Å²) in [5.41, 5.74) is 9.04. The summed E-state index contributed by atoms with van der Waals surface area (Å²) >= 11 is 0. The maximum absolute atomic E-state index is 13.4. The van der Waals surface area contributed by atoms with E-state index in [0.717, 1.165) is 69.9 Å². The van der Waals surface area contributed by atoms with E-state index in [4.69, 9.17) is 4.74 Å². The average Bonchev–Trinajstić information content (AvgIpc) is 3.56. The number of aromatic hydroxyl groups is 1. The Labute approximate surface area is 329 Å². The molecule has 4 aromatic carbocycles. The maximum Gasteiger partial charge on any atom is 0.258 e. The summed E-state index contributed by atoms with van der Waals surface area (Å²) in [4.78, 5) is 46.9. The Morgan fingerprint density at radius 1 is 0.732 bits per heavy atom. The molecule has 0 bridgehead atoms. The standard InChI is InChI=1S/C46H51N5O5/c1-56-41-27-36(25-34-29-51(46(55)44(34)41)40-15-16-42(53)47-45(40)54)50-23-21-48(22-24-50)28-30-17-19-49(20-18-30)35-10-7-32(8-11-35)43-38(31-5-3-2-4-6-31)13-9-33-26-37(52)12-14-39(33)43/h2-8,10-12,14,25-27,30,38,40,43,52H,9,13,15-24,28-29H2,1H3,(H,47,53,54)/t38-,40?,43+/m1/s1. The van der Waals surface area contributed by atoms with Gasteiger partial charge in [0.05, 0.1) is 12.7 Å². The first-order valence-corrected chi connectivity index (χ1v) is 20.4. The Balaban J connectivity index is 0.796. The number of imide groups is 1. The fourth-order valence-electron chi connectivity index (χ4n) is 10.1. The van der Waals surface area contributed by atoms with Gasteiger partial charge in [-0.15, -0.1) is 0 Å². The molecule has 3 atom stereocenters. The Morgan fingerprint density at radius 3 is 2.21 bits per heavy atom. The highest BCUT2D eigenvalue weighted by atomic mass is 16.5. The molecule has 1 unspecified atom stereocenters. The summed E-state index contributed by atoms with van der Waals surface area (Å²) in [7, 11) is 1.59. The van der Waals surface area contributed by atoms with Crippen molar-refractivity contribution >= 4 is 29.1 Å². The van der Waals surface area contributed by atoms with Crippen LogP contribution in [0.3, 0.4) is 0 Å². The third kappa shape index (κ3) is 7.00. The minimum Gasteiger partial charge on any atom is -0.508 e. The second kappa shape index (κ2) is 15.3. The first-order valence-electron chi connectivity index (χ1n) is 20.4. The van der Waals surface area contributed by atoms with Crippen molar-refractivity contribution in [2.24, 2.45) is 5.92 Å². The van der Waals surface area contributed by atoms with Crippen LogP contribution in [0, 0.1) is 5.92 Å². The van der Waals surface area contributed by atoms with Crippen LogP contribution in [-0.2, 0) is 22.6 Å². The zero-order chi connectivity index (χ0) is 38.3. The van der Waals surface area contributed by atoms with Crippen LogP contribution in [0.1, 0.15) is 82.1 Å². The minimum absolute atomic E-state index is 0.212. The predicted octanol–water partition coefficient (Wildman–Crippen LogP) is 6.06. The number of methoxy groups -OCH3 is 1. The van der Waals surface area contributed by atoms with E-state index < -0.39 is 11.9 Å². The molecular formula is C46H51N5O5. The van der Waals surface area contributed by atoms with E-state index in [2.05, 4.69) is 86.7 Å². The summed E-state index contributed by atoms with van der Waals surface area (Å²) in [6, 6.07) is 29.6. The molecule has 10 nitrogen and oxygen atoms in total. The van der Waals surface area contributed by atoms with Crippen LogP contribution in [0.25, 0.3) is 0 Å². The SMILES string of the molecule is COc1cc(N2CCN(CC3CCN(c4ccc([C@@H]5c6ccc(O)cc6CC[C@@H]5c5ccccc5)cc4)CC3)CC2)cc2c1C(=O)N(C1CCC(=O)NC1=O)C2. The molecule has 2 N–H and O–H groups in total. The molecule has 4 aliphatic heterocycles. The van der Waals surface area contributed by atoms with Gasteiger partial charge in [-0.3, -0.25) is 24.6 Å². The minimum atomic E-state index is -0.646. The van der Waals surface area contributed by atoms with Crippen LogP contribution < -0.4 is 19.9 Å². The Morgan fingerprint density at radius 2 is 1.48 bits per heavy atom. The van der Waals surface area contributed by atoms with Crippen LogP contribution in [0.2, 0.25) is 0 Å². The largest absolute Gasteiger partial charge is 0.508 e. The third-order valence-electron chi connectivity index (χ3n) is 13.1. The van der Waals surface area contributed by atoms with Crippen LogP contribution in [-0.4, -0.2) is 91.6 Å². The molecule has 3 saturated heterocycles. The highest BCUT2D eigenvalue weighted by molar-refractivity contribution is 6.06. The molecule has 56 heavy (non-hydrogen) atoms. The van der Waals surface area contributed by atoms with Crippen LogP contribution in [0.4, 0.5) is 11.4 Å². The first kappa shape index (κ1) is 36.3.